The van der Waals surface area contributed by atoms with Crippen LogP contribution in [-0.4, -0.2) is 21.0 Å². The molecule has 0 amide bonds. The van der Waals surface area contributed by atoms with Gasteiger partial charge in [-0.3, -0.25) is 4.79 Å². The third-order valence-corrected chi connectivity index (χ3v) is 2.58. The number of rotatable bonds is 4. The molecule has 0 saturated heterocycles. The Morgan fingerprint density at radius 3 is 2.39 bits per heavy atom. The van der Waals surface area contributed by atoms with Crippen molar-refractivity contribution >= 4 is 5.97 Å². The van der Waals surface area contributed by atoms with E-state index in [4.69, 9.17) is 0 Å². The number of carboxylic acids is 1. The summed E-state index contributed by atoms with van der Waals surface area (Å²) in [5.41, 5.74) is 0.538. The Labute approximate surface area is 103 Å². The van der Waals surface area contributed by atoms with Gasteiger partial charge >= 0.3 is 5.97 Å². The Morgan fingerprint density at radius 2 is 1.83 bits per heavy atom. The van der Waals surface area contributed by atoms with Crippen molar-refractivity contribution in [3.63, 3.8) is 0 Å². The highest BCUT2D eigenvalue weighted by molar-refractivity contribution is 5.76. The molecule has 1 heterocycles. The molecule has 0 bridgehead atoms. The van der Waals surface area contributed by atoms with Gasteiger partial charge in [-0.1, -0.05) is 12.1 Å². The van der Waals surface area contributed by atoms with Gasteiger partial charge in [0.15, 0.2) is 0 Å². The first-order valence-electron chi connectivity index (χ1n) is 5.41. The zero-order chi connectivity index (χ0) is 13.0. The van der Waals surface area contributed by atoms with Crippen molar-refractivity contribution in [1.29, 1.82) is 0 Å². The Hall–Kier alpha value is -2.30. The largest absolute Gasteiger partial charge is 0.481 e. The van der Waals surface area contributed by atoms with Crippen LogP contribution < -0.4 is 0 Å². The van der Waals surface area contributed by atoms with Gasteiger partial charge < -0.3 is 5.11 Å². The molecule has 2 aromatic rings. The van der Waals surface area contributed by atoms with Crippen molar-refractivity contribution < 1.29 is 14.3 Å². The van der Waals surface area contributed by atoms with E-state index in [9.17, 15) is 14.3 Å². The number of benzene rings is 1. The van der Waals surface area contributed by atoms with E-state index in [0.717, 1.165) is 0 Å². The molecule has 1 aromatic carbocycles. The van der Waals surface area contributed by atoms with Crippen LogP contribution in [0.15, 0.2) is 42.7 Å². The summed E-state index contributed by atoms with van der Waals surface area (Å²) < 4.78 is 12.8. The van der Waals surface area contributed by atoms with Crippen LogP contribution in [0.2, 0.25) is 0 Å². The average Bonchev–Trinajstić information content (AvgIpc) is 2.38. The van der Waals surface area contributed by atoms with Crippen molar-refractivity contribution in [3.8, 4) is 0 Å². The second-order valence-corrected chi connectivity index (χ2v) is 3.81. The lowest BCUT2D eigenvalue weighted by atomic mass is 9.95. The van der Waals surface area contributed by atoms with Gasteiger partial charge in [0.1, 0.15) is 11.6 Å². The van der Waals surface area contributed by atoms with E-state index in [1.807, 2.05) is 0 Å². The van der Waals surface area contributed by atoms with Crippen molar-refractivity contribution in [2.75, 3.05) is 0 Å². The summed E-state index contributed by atoms with van der Waals surface area (Å²) in [5, 5.41) is 9.21. The highest BCUT2D eigenvalue weighted by Crippen LogP contribution is 2.20. The van der Waals surface area contributed by atoms with E-state index in [2.05, 4.69) is 9.97 Å². The predicted octanol–water partition coefficient (Wildman–Crippen LogP) is 2.03. The Kier molecular flexibility index (Phi) is 3.62. The zero-order valence-corrected chi connectivity index (χ0v) is 9.45. The molecule has 1 atom stereocenters. The molecule has 1 N–H and O–H groups in total. The molecule has 5 heteroatoms. The van der Waals surface area contributed by atoms with Gasteiger partial charge in [0.25, 0.3) is 0 Å². The molecule has 0 spiro atoms. The smallest absolute Gasteiger partial charge is 0.311 e. The first kappa shape index (κ1) is 12.2. The molecule has 0 aliphatic rings. The molecule has 0 aliphatic carbocycles. The van der Waals surface area contributed by atoms with Gasteiger partial charge in [-0.2, -0.15) is 0 Å². The van der Waals surface area contributed by atoms with Crippen molar-refractivity contribution in [1.82, 2.24) is 9.97 Å². The SMILES string of the molecule is O=C(O)C(Cc1ncccn1)c1ccc(F)cc1. The number of carboxylic acid groups (broad SMARTS) is 1. The maximum Gasteiger partial charge on any atom is 0.311 e. The number of nitrogens with zero attached hydrogens (tertiary/aromatic N) is 2. The minimum atomic E-state index is -0.978. The molecule has 92 valence electrons. The van der Waals surface area contributed by atoms with E-state index in [1.165, 1.54) is 24.3 Å². The van der Waals surface area contributed by atoms with Gasteiger partial charge in [-0.15, -0.1) is 0 Å². The molecule has 2 rings (SSSR count). The van der Waals surface area contributed by atoms with Crippen LogP contribution in [0.1, 0.15) is 17.3 Å². The Bertz CT molecular complexity index is 528. The molecule has 0 radical (unpaired) electrons. The third kappa shape index (κ3) is 2.88. The van der Waals surface area contributed by atoms with Crippen LogP contribution >= 0.6 is 0 Å². The fraction of sp³-hybridized carbons (Fsp3) is 0.154. The molecule has 1 aromatic heterocycles. The van der Waals surface area contributed by atoms with Gasteiger partial charge in [0, 0.05) is 18.8 Å². The summed E-state index contributed by atoms with van der Waals surface area (Å²) in [4.78, 5) is 19.2. The zero-order valence-electron chi connectivity index (χ0n) is 9.45. The van der Waals surface area contributed by atoms with Crippen LogP contribution in [0.4, 0.5) is 4.39 Å². The monoisotopic (exact) mass is 246 g/mol. The topological polar surface area (TPSA) is 63.1 Å². The summed E-state index contributed by atoms with van der Waals surface area (Å²) in [5.74, 6) is -1.69. The summed E-state index contributed by atoms with van der Waals surface area (Å²) in [6.07, 6.45) is 3.31. The van der Waals surface area contributed by atoms with Crippen LogP contribution in [0.5, 0.6) is 0 Å². The van der Waals surface area contributed by atoms with Crippen molar-refractivity contribution in [2.45, 2.75) is 12.3 Å². The summed E-state index contributed by atoms with van der Waals surface area (Å²) in [6, 6.07) is 7.10. The number of hydrogen-bond acceptors (Lipinski definition) is 3. The average molecular weight is 246 g/mol. The predicted molar refractivity (Wildman–Crippen MR) is 62.5 cm³/mol. The molecule has 4 nitrogen and oxygen atoms in total. The molecule has 1 unspecified atom stereocenters. The number of hydrogen-bond donors (Lipinski definition) is 1. The molecular formula is C13H11FN2O2. The minimum Gasteiger partial charge on any atom is -0.481 e. The van der Waals surface area contributed by atoms with Crippen LogP contribution in [0.3, 0.4) is 0 Å². The minimum absolute atomic E-state index is 0.182. The molecule has 0 fully saturated rings. The highest BCUT2D eigenvalue weighted by Gasteiger charge is 2.21. The van der Waals surface area contributed by atoms with E-state index >= 15 is 0 Å². The first-order valence-corrected chi connectivity index (χ1v) is 5.41. The lowest BCUT2D eigenvalue weighted by Crippen LogP contribution is -2.15. The number of aliphatic carboxylic acids is 1. The van der Waals surface area contributed by atoms with E-state index in [1.54, 1.807) is 18.5 Å². The van der Waals surface area contributed by atoms with Gasteiger partial charge in [-0.05, 0) is 23.8 Å². The fourth-order valence-corrected chi connectivity index (χ4v) is 1.66. The van der Waals surface area contributed by atoms with Crippen molar-refractivity contribution in [3.05, 3.63) is 59.9 Å². The summed E-state index contributed by atoms with van der Waals surface area (Å²) >= 11 is 0. The van der Waals surface area contributed by atoms with Crippen molar-refractivity contribution in [2.24, 2.45) is 0 Å². The van der Waals surface area contributed by atoms with Crippen LogP contribution in [-0.2, 0) is 11.2 Å². The first-order chi connectivity index (χ1) is 8.66. The van der Waals surface area contributed by atoms with Crippen LogP contribution in [0, 0.1) is 5.82 Å². The fourth-order valence-electron chi connectivity index (χ4n) is 1.66. The van der Waals surface area contributed by atoms with E-state index in [0.29, 0.717) is 11.4 Å². The Balaban J connectivity index is 2.24. The normalized spacial score (nSPS) is 12.1. The quantitative estimate of drug-likeness (QED) is 0.896. The lowest BCUT2D eigenvalue weighted by Gasteiger charge is -2.11. The second kappa shape index (κ2) is 5.35. The molecule has 18 heavy (non-hydrogen) atoms. The Morgan fingerprint density at radius 1 is 1.22 bits per heavy atom. The van der Waals surface area contributed by atoms with E-state index in [-0.39, 0.29) is 12.2 Å². The van der Waals surface area contributed by atoms with E-state index < -0.39 is 11.9 Å². The third-order valence-electron chi connectivity index (χ3n) is 2.58. The highest BCUT2D eigenvalue weighted by atomic mass is 19.1. The van der Waals surface area contributed by atoms with Gasteiger partial charge in [0.05, 0.1) is 5.92 Å². The molecular weight excluding hydrogens is 235 g/mol. The molecule has 0 aliphatic heterocycles. The second-order valence-electron chi connectivity index (χ2n) is 3.81. The standard InChI is InChI=1S/C13H11FN2O2/c14-10-4-2-9(3-5-10)11(13(17)18)8-12-15-6-1-7-16-12/h1-7,11H,8H2,(H,17,18). The summed E-state index contributed by atoms with van der Waals surface area (Å²) in [6.45, 7) is 0. The maximum absolute atomic E-state index is 12.8. The van der Waals surface area contributed by atoms with Crippen LogP contribution in [0.25, 0.3) is 0 Å². The number of carbonyl (C=O) groups is 1. The summed E-state index contributed by atoms with van der Waals surface area (Å²) in [7, 11) is 0. The van der Waals surface area contributed by atoms with Gasteiger partial charge in [0.2, 0.25) is 0 Å². The number of aromatic nitrogens is 2. The number of halogens is 1. The molecule has 0 saturated carbocycles. The lowest BCUT2D eigenvalue weighted by molar-refractivity contribution is -0.138. The maximum atomic E-state index is 12.8. The van der Waals surface area contributed by atoms with Gasteiger partial charge in [-0.25, -0.2) is 14.4 Å².